The molecule has 0 aliphatic carbocycles. The third-order valence-corrected chi connectivity index (χ3v) is 2.22. The van der Waals surface area contributed by atoms with Gasteiger partial charge in [0.25, 0.3) is 0 Å². The minimum atomic E-state index is -0.263. The van der Waals surface area contributed by atoms with Crippen molar-refractivity contribution in [3.63, 3.8) is 0 Å². The van der Waals surface area contributed by atoms with Gasteiger partial charge in [-0.25, -0.2) is 0 Å². The number of anilines is 1. The average molecular weight is 201 g/mol. The number of hydrogen-bond donors (Lipinski definition) is 1. The highest BCUT2D eigenvalue weighted by molar-refractivity contribution is 7.15. The van der Waals surface area contributed by atoms with Gasteiger partial charge in [0.15, 0.2) is 0 Å². The molecule has 0 fully saturated rings. The number of esters is 1. The van der Waals surface area contributed by atoms with Gasteiger partial charge in [0.05, 0.1) is 13.0 Å². The highest BCUT2D eigenvalue weighted by Gasteiger charge is 2.08. The highest BCUT2D eigenvalue weighted by Crippen LogP contribution is 2.14. The lowest BCUT2D eigenvalue weighted by Crippen LogP contribution is -2.07. The summed E-state index contributed by atoms with van der Waals surface area (Å²) >= 11 is 1.35. The molecule has 0 spiro atoms. The Morgan fingerprint density at radius 2 is 2.38 bits per heavy atom. The fourth-order valence-electron chi connectivity index (χ4n) is 0.762. The first kappa shape index (κ1) is 9.91. The van der Waals surface area contributed by atoms with E-state index in [0.29, 0.717) is 16.7 Å². The molecule has 1 N–H and O–H groups in total. The van der Waals surface area contributed by atoms with Gasteiger partial charge in [-0.1, -0.05) is 11.3 Å². The number of carbonyl (C=O) groups is 1. The van der Waals surface area contributed by atoms with E-state index in [0.717, 1.165) is 0 Å². The second-order valence-corrected chi connectivity index (χ2v) is 3.29. The van der Waals surface area contributed by atoms with Gasteiger partial charge >= 0.3 is 5.97 Å². The van der Waals surface area contributed by atoms with Crippen LogP contribution in [0.3, 0.4) is 0 Å². The van der Waals surface area contributed by atoms with Gasteiger partial charge in [0, 0.05) is 7.05 Å². The third-order valence-electron chi connectivity index (χ3n) is 1.28. The lowest BCUT2D eigenvalue weighted by atomic mass is 10.5. The first-order valence-corrected chi connectivity index (χ1v) is 4.73. The molecule has 0 unspecified atom stereocenters. The van der Waals surface area contributed by atoms with Crippen molar-refractivity contribution in [2.45, 2.75) is 13.3 Å². The van der Waals surface area contributed by atoms with Crippen LogP contribution in [0.1, 0.15) is 11.9 Å². The first-order chi connectivity index (χ1) is 6.26. The van der Waals surface area contributed by atoms with Crippen LogP contribution in [-0.2, 0) is 16.0 Å². The molecule has 0 saturated carbocycles. The SMILES string of the molecule is CCOC(=O)Cc1nnc(NC)s1. The van der Waals surface area contributed by atoms with E-state index in [1.165, 1.54) is 11.3 Å². The molecule has 72 valence electrons. The molecule has 1 aromatic rings. The Bertz CT molecular complexity index is 287. The van der Waals surface area contributed by atoms with E-state index in [1.807, 2.05) is 0 Å². The Hall–Kier alpha value is -1.17. The molecule has 0 bridgehead atoms. The minimum Gasteiger partial charge on any atom is -0.466 e. The number of hydrogen-bond acceptors (Lipinski definition) is 6. The molecule has 1 rings (SSSR count). The van der Waals surface area contributed by atoms with E-state index in [-0.39, 0.29) is 12.4 Å². The molecule has 1 heterocycles. The van der Waals surface area contributed by atoms with Crippen molar-refractivity contribution in [3.05, 3.63) is 5.01 Å². The topological polar surface area (TPSA) is 64.1 Å². The Balaban J connectivity index is 2.49. The van der Waals surface area contributed by atoms with Gasteiger partial charge in [-0.3, -0.25) is 4.79 Å². The number of carbonyl (C=O) groups excluding carboxylic acids is 1. The van der Waals surface area contributed by atoms with Crippen LogP contribution in [0.4, 0.5) is 5.13 Å². The Labute approximate surface area is 80.1 Å². The summed E-state index contributed by atoms with van der Waals surface area (Å²) in [6, 6.07) is 0. The molecule has 0 aliphatic rings. The fourth-order valence-corrected chi connectivity index (χ4v) is 1.44. The number of ether oxygens (including phenoxy) is 1. The highest BCUT2D eigenvalue weighted by atomic mass is 32.1. The largest absolute Gasteiger partial charge is 0.466 e. The van der Waals surface area contributed by atoms with Crippen LogP contribution in [0, 0.1) is 0 Å². The van der Waals surface area contributed by atoms with Crippen LogP contribution in [0.25, 0.3) is 0 Å². The second kappa shape index (κ2) is 4.76. The predicted molar refractivity (Wildman–Crippen MR) is 49.8 cm³/mol. The Morgan fingerprint density at radius 3 is 2.92 bits per heavy atom. The van der Waals surface area contributed by atoms with Gasteiger partial charge in [0.2, 0.25) is 5.13 Å². The summed E-state index contributed by atoms with van der Waals surface area (Å²) in [6.45, 7) is 2.17. The van der Waals surface area contributed by atoms with Gasteiger partial charge < -0.3 is 10.1 Å². The third kappa shape index (κ3) is 2.98. The van der Waals surface area contributed by atoms with Crippen LogP contribution in [0.5, 0.6) is 0 Å². The number of aromatic nitrogens is 2. The van der Waals surface area contributed by atoms with Crippen LogP contribution in [0.15, 0.2) is 0 Å². The summed E-state index contributed by atoms with van der Waals surface area (Å²) in [5.74, 6) is -0.263. The normalized spacial score (nSPS) is 9.69. The van der Waals surface area contributed by atoms with Crippen molar-refractivity contribution in [3.8, 4) is 0 Å². The zero-order chi connectivity index (χ0) is 9.68. The number of nitrogens with one attached hydrogen (secondary N) is 1. The first-order valence-electron chi connectivity index (χ1n) is 3.92. The van der Waals surface area contributed by atoms with Crippen molar-refractivity contribution in [1.82, 2.24) is 10.2 Å². The van der Waals surface area contributed by atoms with Crippen molar-refractivity contribution in [1.29, 1.82) is 0 Å². The maximum Gasteiger partial charge on any atom is 0.312 e. The predicted octanol–water partition coefficient (Wildman–Crippen LogP) is 0.685. The summed E-state index contributed by atoms with van der Waals surface area (Å²) < 4.78 is 4.77. The molecule has 0 saturated heterocycles. The molecule has 0 aliphatic heterocycles. The molecular formula is C7H11N3O2S. The number of nitrogens with zero attached hydrogens (tertiary/aromatic N) is 2. The van der Waals surface area contributed by atoms with Crippen molar-refractivity contribution >= 4 is 22.4 Å². The molecular weight excluding hydrogens is 190 g/mol. The maximum absolute atomic E-state index is 11.0. The Kier molecular flexibility index (Phi) is 3.63. The average Bonchev–Trinajstić information content (AvgIpc) is 2.52. The van der Waals surface area contributed by atoms with Crippen molar-refractivity contribution < 1.29 is 9.53 Å². The molecule has 1 aromatic heterocycles. The quantitative estimate of drug-likeness (QED) is 0.726. The molecule has 5 nitrogen and oxygen atoms in total. The summed E-state index contributed by atoms with van der Waals surface area (Å²) in [4.78, 5) is 11.0. The van der Waals surface area contributed by atoms with E-state index in [1.54, 1.807) is 14.0 Å². The summed E-state index contributed by atoms with van der Waals surface area (Å²) in [6.07, 6.45) is 0.202. The smallest absolute Gasteiger partial charge is 0.312 e. The van der Waals surface area contributed by atoms with Gasteiger partial charge in [0.1, 0.15) is 5.01 Å². The number of rotatable bonds is 4. The molecule has 0 aromatic carbocycles. The van der Waals surface area contributed by atoms with Crippen LogP contribution < -0.4 is 5.32 Å². The van der Waals surface area contributed by atoms with E-state index < -0.39 is 0 Å². The van der Waals surface area contributed by atoms with Gasteiger partial charge in [-0.05, 0) is 6.92 Å². The molecule has 0 amide bonds. The zero-order valence-electron chi connectivity index (χ0n) is 7.53. The standard InChI is InChI=1S/C7H11N3O2S/c1-3-12-6(11)4-5-9-10-7(8-2)13-5/h3-4H2,1-2H3,(H,8,10). The molecule has 6 heteroatoms. The molecule has 0 radical (unpaired) electrons. The molecule has 13 heavy (non-hydrogen) atoms. The maximum atomic E-state index is 11.0. The van der Waals surface area contributed by atoms with Crippen LogP contribution in [-0.4, -0.2) is 29.8 Å². The van der Waals surface area contributed by atoms with Crippen LogP contribution in [0.2, 0.25) is 0 Å². The Morgan fingerprint density at radius 1 is 1.62 bits per heavy atom. The van der Waals surface area contributed by atoms with Crippen molar-refractivity contribution in [2.24, 2.45) is 0 Å². The lowest BCUT2D eigenvalue weighted by Gasteiger charge is -1.96. The van der Waals surface area contributed by atoms with E-state index in [4.69, 9.17) is 4.74 Å². The lowest BCUT2D eigenvalue weighted by molar-refractivity contribution is -0.142. The second-order valence-electron chi connectivity index (χ2n) is 2.23. The summed E-state index contributed by atoms with van der Waals surface area (Å²) in [7, 11) is 1.76. The molecule has 0 atom stereocenters. The van der Waals surface area contributed by atoms with E-state index >= 15 is 0 Å². The van der Waals surface area contributed by atoms with E-state index in [9.17, 15) is 4.79 Å². The van der Waals surface area contributed by atoms with Crippen molar-refractivity contribution in [2.75, 3.05) is 19.0 Å². The zero-order valence-corrected chi connectivity index (χ0v) is 8.35. The summed E-state index contributed by atoms with van der Waals surface area (Å²) in [5.41, 5.74) is 0. The van der Waals surface area contributed by atoms with Crippen LogP contribution >= 0.6 is 11.3 Å². The van der Waals surface area contributed by atoms with E-state index in [2.05, 4.69) is 15.5 Å². The fraction of sp³-hybridized carbons (Fsp3) is 0.571. The summed E-state index contributed by atoms with van der Waals surface area (Å²) in [5, 5.41) is 11.8. The monoisotopic (exact) mass is 201 g/mol. The van der Waals surface area contributed by atoms with Gasteiger partial charge in [-0.15, -0.1) is 10.2 Å². The minimum absolute atomic E-state index is 0.202. The van der Waals surface area contributed by atoms with Gasteiger partial charge in [-0.2, -0.15) is 0 Å².